The van der Waals surface area contributed by atoms with Crippen LogP contribution in [0.3, 0.4) is 0 Å². The van der Waals surface area contributed by atoms with Crippen LogP contribution < -0.4 is 5.32 Å². The molecule has 0 aromatic carbocycles. The minimum atomic E-state index is 0.456. The molecule has 4 heteroatoms. The van der Waals surface area contributed by atoms with Crippen LogP contribution in [0, 0.1) is 0 Å². The molecular weight excluding hydrogens is 212 g/mol. The SMILES string of the molecule is CC(c1cccn2nccc12)N1CCNCC1. The Hall–Kier alpha value is -1.39. The van der Waals surface area contributed by atoms with Crippen LogP contribution in [-0.4, -0.2) is 40.7 Å². The topological polar surface area (TPSA) is 32.6 Å². The zero-order valence-electron chi connectivity index (χ0n) is 10.1. The summed E-state index contributed by atoms with van der Waals surface area (Å²) in [6.07, 6.45) is 3.87. The van der Waals surface area contributed by atoms with Gasteiger partial charge in [0, 0.05) is 44.6 Å². The zero-order chi connectivity index (χ0) is 11.7. The lowest BCUT2D eigenvalue weighted by Crippen LogP contribution is -2.44. The fourth-order valence-corrected chi connectivity index (χ4v) is 2.59. The molecular formula is C13H18N4. The van der Waals surface area contributed by atoms with Gasteiger partial charge < -0.3 is 5.32 Å². The lowest BCUT2D eigenvalue weighted by Gasteiger charge is -2.33. The Morgan fingerprint density at radius 3 is 2.94 bits per heavy atom. The highest BCUT2D eigenvalue weighted by molar-refractivity contribution is 5.54. The maximum atomic E-state index is 4.29. The molecule has 1 N–H and O–H groups in total. The molecule has 0 spiro atoms. The van der Waals surface area contributed by atoms with E-state index in [4.69, 9.17) is 0 Å². The van der Waals surface area contributed by atoms with Gasteiger partial charge in [-0.3, -0.25) is 4.90 Å². The van der Waals surface area contributed by atoms with Gasteiger partial charge in [0.2, 0.25) is 0 Å². The van der Waals surface area contributed by atoms with Crippen LogP contribution in [0.25, 0.3) is 5.52 Å². The average Bonchev–Trinajstić information content (AvgIpc) is 2.87. The highest BCUT2D eigenvalue weighted by Crippen LogP contribution is 2.24. The molecule has 1 fully saturated rings. The van der Waals surface area contributed by atoms with E-state index in [0.29, 0.717) is 6.04 Å². The molecule has 1 aliphatic heterocycles. The van der Waals surface area contributed by atoms with Crippen molar-refractivity contribution in [1.82, 2.24) is 19.8 Å². The van der Waals surface area contributed by atoms with Gasteiger partial charge in [-0.25, -0.2) is 4.52 Å². The minimum absolute atomic E-state index is 0.456. The number of pyridine rings is 1. The van der Waals surface area contributed by atoms with E-state index in [9.17, 15) is 0 Å². The first-order valence-electron chi connectivity index (χ1n) is 6.23. The van der Waals surface area contributed by atoms with Gasteiger partial charge in [-0.1, -0.05) is 6.07 Å². The molecule has 1 aliphatic rings. The second kappa shape index (κ2) is 4.47. The molecule has 1 unspecified atom stereocenters. The molecule has 1 atom stereocenters. The first-order chi connectivity index (χ1) is 8.36. The first-order valence-corrected chi connectivity index (χ1v) is 6.23. The summed E-state index contributed by atoms with van der Waals surface area (Å²) in [6, 6.07) is 6.84. The summed E-state index contributed by atoms with van der Waals surface area (Å²) in [6.45, 7) is 6.71. The van der Waals surface area contributed by atoms with Gasteiger partial charge in [-0.2, -0.15) is 5.10 Å². The van der Waals surface area contributed by atoms with E-state index in [1.54, 1.807) is 0 Å². The van der Waals surface area contributed by atoms with Crippen molar-refractivity contribution in [3.8, 4) is 0 Å². The number of aromatic nitrogens is 2. The molecule has 3 heterocycles. The van der Waals surface area contributed by atoms with Gasteiger partial charge in [0.25, 0.3) is 0 Å². The van der Waals surface area contributed by atoms with Crippen molar-refractivity contribution in [2.75, 3.05) is 26.2 Å². The minimum Gasteiger partial charge on any atom is -0.314 e. The summed E-state index contributed by atoms with van der Waals surface area (Å²) in [5.41, 5.74) is 2.59. The lowest BCUT2D eigenvalue weighted by molar-refractivity contribution is 0.186. The highest BCUT2D eigenvalue weighted by Gasteiger charge is 2.19. The summed E-state index contributed by atoms with van der Waals surface area (Å²) in [4.78, 5) is 2.53. The van der Waals surface area contributed by atoms with E-state index in [1.165, 1.54) is 11.1 Å². The number of hydrogen-bond donors (Lipinski definition) is 1. The summed E-state index contributed by atoms with van der Waals surface area (Å²) in [5.74, 6) is 0. The smallest absolute Gasteiger partial charge is 0.0709 e. The third kappa shape index (κ3) is 1.94. The molecule has 0 radical (unpaired) electrons. The van der Waals surface area contributed by atoms with Crippen LogP contribution in [-0.2, 0) is 0 Å². The van der Waals surface area contributed by atoms with Crippen LogP contribution >= 0.6 is 0 Å². The molecule has 0 aliphatic carbocycles. The Morgan fingerprint density at radius 1 is 1.29 bits per heavy atom. The third-order valence-electron chi connectivity index (χ3n) is 3.62. The molecule has 2 aromatic heterocycles. The Balaban J connectivity index is 1.94. The molecule has 17 heavy (non-hydrogen) atoms. The number of nitrogens with zero attached hydrogens (tertiary/aromatic N) is 3. The van der Waals surface area contributed by atoms with Crippen molar-refractivity contribution in [2.45, 2.75) is 13.0 Å². The van der Waals surface area contributed by atoms with Crippen LogP contribution in [0.15, 0.2) is 30.6 Å². The maximum Gasteiger partial charge on any atom is 0.0709 e. The van der Waals surface area contributed by atoms with E-state index in [1.807, 2.05) is 16.9 Å². The number of piperazine rings is 1. The highest BCUT2D eigenvalue weighted by atomic mass is 15.2. The largest absolute Gasteiger partial charge is 0.314 e. The van der Waals surface area contributed by atoms with Gasteiger partial charge >= 0.3 is 0 Å². The molecule has 90 valence electrons. The monoisotopic (exact) mass is 230 g/mol. The van der Waals surface area contributed by atoms with Crippen molar-refractivity contribution in [3.05, 3.63) is 36.2 Å². The number of hydrogen-bond acceptors (Lipinski definition) is 3. The predicted octanol–water partition coefficient (Wildman–Crippen LogP) is 1.30. The fourth-order valence-electron chi connectivity index (χ4n) is 2.59. The predicted molar refractivity (Wildman–Crippen MR) is 68.0 cm³/mol. The van der Waals surface area contributed by atoms with E-state index in [2.05, 4.69) is 40.4 Å². The normalized spacial score (nSPS) is 19.6. The zero-order valence-corrected chi connectivity index (χ0v) is 10.1. The van der Waals surface area contributed by atoms with Crippen molar-refractivity contribution in [2.24, 2.45) is 0 Å². The van der Waals surface area contributed by atoms with Crippen LogP contribution in [0.2, 0.25) is 0 Å². The third-order valence-corrected chi connectivity index (χ3v) is 3.62. The summed E-state index contributed by atoms with van der Waals surface area (Å²) in [7, 11) is 0. The van der Waals surface area contributed by atoms with Crippen molar-refractivity contribution < 1.29 is 0 Å². The van der Waals surface area contributed by atoms with E-state index >= 15 is 0 Å². The molecule has 0 amide bonds. The van der Waals surface area contributed by atoms with E-state index in [-0.39, 0.29) is 0 Å². The number of fused-ring (bicyclic) bond motifs is 1. The van der Waals surface area contributed by atoms with Crippen LogP contribution in [0.5, 0.6) is 0 Å². The second-order valence-electron chi connectivity index (χ2n) is 4.59. The van der Waals surface area contributed by atoms with Crippen molar-refractivity contribution >= 4 is 5.52 Å². The molecule has 0 saturated carbocycles. The van der Waals surface area contributed by atoms with Crippen molar-refractivity contribution in [1.29, 1.82) is 0 Å². The van der Waals surface area contributed by atoms with Gasteiger partial charge in [0.05, 0.1) is 5.52 Å². The maximum absolute atomic E-state index is 4.29. The standard InChI is InChI=1S/C13H18N4/c1-11(16-9-6-14-7-10-16)12-3-2-8-17-13(12)4-5-15-17/h2-5,8,11,14H,6-7,9-10H2,1H3. The number of rotatable bonds is 2. The Labute approximate surface area is 101 Å². The lowest BCUT2D eigenvalue weighted by atomic mass is 10.1. The van der Waals surface area contributed by atoms with E-state index < -0.39 is 0 Å². The number of nitrogens with one attached hydrogen (secondary N) is 1. The molecule has 0 bridgehead atoms. The Kier molecular flexibility index (Phi) is 2.82. The molecule has 3 rings (SSSR count). The van der Waals surface area contributed by atoms with Gasteiger partial charge in [0.15, 0.2) is 0 Å². The second-order valence-corrected chi connectivity index (χ2v) is 4.59. The van der Waals surface area contributed by atoms with Gasteiger partial charge in [-0.05, 0) is 24.6 Å². The summed E-state index contributed by atoms with van der Waals surface area (Å²) < 4.78 is 1.95. The van der Waals surface area contributed by atoms with Gasteiger partial charge in [-0.15, -0.1) is 0 Å². The molecule has 1 saturated heterocycles. The summed E-state index contributed by atoms with van der Waals surface area (Å²) >= 11 is 0. The van der Waals surface area contributed by atoms with Crippen LogP contribution in [0.4, 0.5) is 0 Å². The van der Waals surface area contributed by atoms with Crippen molar-refractivity contribution in [3.63, 3.8) is 0 Å². The molecule has 4 nitrogen and oxygen atoms in total. The fraction of sp³-hybridized carbons (Fsp3) is 0.462. The van der Waals surface area contributed by atoms with Crippen LogP contribution in [0.1, 0.15) is 18.5 Å². The Morgan fingerprint density at radius 2 is 2.12 bits per heavy atom. The first kappa shape index (κ1) is 10.7. The van der Waals surface area contributed by atoms with Gasteiger partial charge in [0.1, 0.15) is 0 Å². The molecule has 2 aromatic rings. The quantitative estimate of drug-likeness (QED) is 0.844. The summed E-state index contributed by atoms with van der Waals surface area (Å²) in [5, 5.41) is 7.69. The van der Waals surface area contributed by atoms with E-state index in [0.717, 1.165) is 26.2 Å². The average molecular weight is 230 g/mol. The Bertz CT molecular complexity index is 499.